The van der Waals surface area contributed by atoms with E-state index in [1.165, 1.54) is 19.3 Å². The van der Waals surface area contributed by atoms with E-state index in [4.69, 9.17) is 9.47 Å². The summed E-state index contributed by atoms with van der Waals surface area (Å²) < 4.78 is 25.7. The molecule has 2 rings (SSSR count). The molecule has 2 aromatic rings. The van der Waals surface area contributed by atoms with Crippen molar-refractivity contribution in [2.75, 3.05) is 7.11 Å². The van der Waals surface area contributed by atoms with E-state index in [-0.39, 0.29) is 24.0 Å². The maximum absolute atomic E-state index is 13.8. The minimum Gasteiger partial charge on any atom is -0.493 e. The summed E-state index contributed by atoms with van der Waals surface area (Å²) in [6.45, 7) is 3.69. The van der Waals surface area contributed by atoms with E-state index in [0.717, 1.165) is 0 Å². The lowest BCUT2D eigenvalue weighted by Crippen LogP contribution is -2.30. The van der Waals surface area contributed by atoms with Crippen LogP contribution in [0.5, 0.6) is 11.5 Å². The van der Waals surface area contributed by atoms with Crippen molar-refractivity contribution in [1.29, 1.82) is 5.26 Å². The summed E-state index contributed by atoms with van der Waals surface area (Å²) in [5.41, 5.74) is 1.04. The number of nitrogens with zero attached hydrogens (tertiary/aromatic N) is 1. The van der Waals surface area contributed by atoms with Crippen LogP contribution in [0.15, 0.2) is 42.0 Å². The Morgan fingerprint density at radius 2 is 2.07 bits per heavy atom. The fourth-order valence-electron chi connectivity index (χ4n) is 2.38. The minimum absolute atomic E-state index is 0.00780. The first-order valence-corrected chi connectivity index (χ1v) is 9.60. The Labute approximate surface area is 177 Å². The van der Waals surface area contributed by atoms with Gasteiger partial charge in [-0.3, -0.25) is 4.79 Å². The second-order valence-electron chi connectivity index (χ2n) is 6.21. The predicted molar refractivity (Wildman–Crippen MR) is 113 cm³/mol. The number of carbonyl (C=O) groups excluding carboxylic acids is 1. The SMILES string of the molecule is COc1cc(/C=C(/C#N)C(=O)NC(C)C)cc(I)c1OCc1ccccc1F. The molecule has 0 heterocycles. The van der Waals surface area contributed by atoms with Gasteiger partial charge in [-0.25, -0.2) is 4.39 Å². The van der Waals surface area contributed by atoms with E-state index in [1.54, 1.807) is 30.3 Å². The average molecular weight is 494 g/mol. The zero-order valence-corrected chi connectivity index (χ0v) is 17.9. The van der Waals surface area contributed by atoms with Crippen molar-refractivity contribution >= 4 is 34.6 Å². The predicted octanol–water partition coefficient (Wildman–Crippen LogP) is 4.45. The minimum atomic E-state index is -0.439. The largest absolute Gasteiger partial charge is 0.493 e. The van der Waals surface area contributed by atoms with Gasteiger partial charge in [-0.15, -0.1) is 0 Å². The molecule has 7 heteroatoms. The quantitative estimate of drug-likeness (QED) is 0.351. The molecule has 1 amide bonds. The number of benzene rings is 2. The highest BCUT2D eigenvalue weighted by Gasteiger charge is 2.15. The number of ether oxygens (including phenoxy) is 2. The molecule has 0 atom stereocenters. The van der Waals surface area contributed by atoms with E-state index in [2.05, 4.69) is 27.9 Å². The van der Waals surface area contributed by atoms with Gasteiger partial charge in [0.1, 0.15) is 24.1 Å². The molecule has 0 unspecified atom stereocenters. The Hall–Kier alpha value is -2.60. The molecule has 28 heavy (non-hydrogen) atoms. The van der Waals surface area contributed by atoms with Crippen LogP contribution in [0.3, 0.4) is 0 Å². The lowest BCUT2D eigenvalue weighted by Gasteiger charge is -2.14. The molecular formula is C21H20FIN2O3. The summed E-state index contributed by atoms with van der Waals surface area (Å²) in [6.07, 6.45) is 1.49. The Morgan fingerprint density at radius 1 is 1.36 bits per heavy atom. The first-order valence-electron chi connectivity index (χ1n) is 8.52. The molecule has 0 radical (unpaired) electrons. The number of nitrogens with one attached hydrogen (secondary N) is 1. The molecule has 0 aliphatic carbocycles. The van der Waals surface area contributed by atoms with Crippen LogP contribution in [0, 0.1) is 20.7 Å². The molecule has 0 aliphatic rings. The average Bonchev–Trinajstić information content (AvgIpc) is 2.65. The van der Waals surface area contributed by atoms with E-state index in [0.29, 0.717) is 26.2 Å². The molecule has 1 N–H and O–H groups in total. The molecule has 0 saturated heterocycles. The summed E-state index contributed by atoms with van der Waals surface area (Å²) in [6, 6.07) is 11.6. The van der Waals surface area contributed by atoms with Gasteiger partial charge in [0.05, 0.1) is 10.7 Å². The molecule has 0 aliphatic heterocycles. The summed E-state index contributed by atoms with van der Waals surface area (Å²) in [7, 11) is 1.49. The van der Waals surface area contributed by atoms with E-state index in [1.807, 2.05) is 19.9 Å². The third-order valence-electron chi connectivity index (χ3n) is 3.68. The number of carbonyl (C=O) groups is 1. The van der Waals surface area contributed by atoms with Crippen LogP contribution in [-0.2, 0) is 11.4 Å². The van der Waals surface area contributed by atoms with Crippen molar-refractivity contribution in [2.45, 2.75) is 26.5 Å². The van der Waals surface area contributed by atoms with Crippen molar-refractivity contribution in [1.82, 2.24) is 5.32 Å². The zero-order chi connectivity index (χ0) is 20.7. The van der Waals surface area contributed by atoms with Crippen LogP contribution >= 0.6 is 22.6 Å². The van der Waals surface area contributed by atoms with Gasteiger partial charge in [-0.2, -0.15) is 5.26 Å². The highest BCUT2D eigenvalue weighted by molar-refractivity contribution is 14.1. The molecular weight excluding hydrogens is 474 g/mol. The van der Waals surface area contributed by atoms with Gasteiger partial charge < -0.3 is 14.8 Å². The van der Waals surface area contributed by atoms with Crippen LogP contribution in [0.4, 0.5) is 4.39 Å². The molecule has 2 aromatic carbocycles. The Bertz CT molecular complexity index is 936. The third kappa shape index (κ3) is 5.70. The van der Waals surface area contributed by atoms with Gasteiger partial charge in [0, 0.05) is 11.6 Å². The van der Waals surface area contributed by atoms with Crippen LogP contribution < -0.4 is 14.8 Å². The van der Waals surface area contributed by atoms with Crippen LogP contribution in [0.25, 0.3) is 6.08 Å². The summed E-state index contributed by atoms with van der Waals surface area (Å²) in [5, 5.41) is 12.0. The highest BCUT2D eigenvalue weighted by atomic mass is 127. The summed E-state index contributed by atoms with van der Waals surface area (Å²) in [5.74, 6) is 0.113. The van der Waals surface area contributed by atoms with Gasteiger partial charge in [-0.1, -0.05) is 18.2 Å². The van der Waals surface area contributed by atoms with Gasteiger partial charge in [0.25, 0.3) is 5.91 Å². The first-order chi connectivity index (χ1) is 13.3. The topological polar surface area (TPSA) is 71.3 Å². The number of methoxy groups -OCH3 is 1. The Balaban J connectivity index is 2.30. The van der Waals surface area contributed by atoms with Crippen molar-refractivity contribution in [2.24, 2.45) is 0 Å². The molecule has 0 bridgehead atoms. The number of hydrogen-bond acceptors (Lipinski definition) is 4. The Morgan fingerprint density at radius 3 is 2.68 bits per heavy atom. The second-order valence-corrected chi connectivity index (χ2v) is 7.37. The molecule has 5 nitrogen and oxygen atoms in total. The highest BCUT2D eigenvalue weighted by Crippen LogP contribution is 2.35. The zero-order valence-electron chi connectivity index (χ0n) is 15.8. The summed E-state index contributed by atoms with van der Waals surface area (Å²) in [4.78, 5) is 12.1. The fraction of sp³-hybridized carbons (Fsp3) is 0.238. The standard InChI is InChI=1S/C21H20FIN2O3/c1-13(2)25-21(26)16(11-24)8-14-9-18(23)20(19(10-14)27-3)28-12-15-6-4-5-7-17(15)22/h4-10,13H,12H2,1-3H3,(H,25,26)/b16-8-. The van der Waals surface area contributed by atoms with Crippen LogP contribution in [0.1, 0.15) is 25.0 Å². The van der Waals surface area contributed by atoms with Gasteiger partial charge in [-0.05, 0) is 66.3 Å². The molecule has 0 spiro atoms. The maximum atomic E-state index is 13.8. The van der Waals surface area contributed by atoms with E-state index >= 15 is 0 Å². The lowest BCUT2D eigenvalue weighted by atomic mass is 10.1. The van der Waals surface area contributed by atoms with Crippen molar-refractivity contribution in [3.63, 3.8) is 0 Å². The normalized spacial score (nSPS) is 11.1. The van der Waals surface area contributed by atoms with Gasteiger partial charge in [0.15, 0.2) is 11.5 Å². The Kier molecular flexibility index (Phi) is 7.81. The lowest BCUT2D eigenvalue weighted by molar-refractivity contribution is -0.117. The smallest absolute Gasteiger partial charge is 0.262 e. The molecule has 0 fully saturated rings. The maximum Gasteiger partial charge on any atom is 0.262 e. The molecule has 0 saturated carbocycles. The fourth-order valence-corrected chi connectivity index (χ4v) is 3.16. The van der Waals surface area contributed by atoms with Gasteiger partial charge in [0.2, 0.25) is 0 Å². The number of halogens is 2. The second kappa shape index (κ2) is 10.1. The van der Waals surface area contributed by atoms with Crippen molar-refractivity contribution in [3.8, 4) is 17.6 Å². The first kappa shape index (κ1) is 21.7. The number of hydrogen-bond donors (Lipinski definition) is 1. The number of amides is 1. The monoisotopic (exact) mass is 494 g/mol. The van der Waals surface area contributed by atoms with E-state index < -0.39 is 5.91 Å². The van der Waals surface area contributed by atoms with E-state index in [9.17, 15) is 14.4 Å². The third-order valence-corrected chi connectivity index (χ3v) is 4.48. The molecule has 146 valence electrons. The number of nitriles is 1. The summed E-state index contributed by atoms with van der Waals surface area (Å²) >= 11 is 2.07. The number of rotatable bonds is 7. The van der Waals surface area contributed by atoms with Crippen LogP contribution in [-0.4, -0.2) is 19.1 Å². The van der Waals surface area contributed by atoms with Crippen molar-refractivity contribution in [3.05, 3.63) is 62.5 Å². The molecule has 0 aromatic heterocycles. The van der Waals surface area contributed by atoms with Crippen LogP contribution in [0.2, 0.25) is 0 Å². The van der Waals surface area contributed by atoms with Crippen molar-refractivity contribution < 1.29 is 18.7 Å². The van der Waals surface area contributed by atoms with Gasteiger partial charge >= 0.3 is 0 Å².